The average Bonchev–Trinajstić information content (AvgIpc) is 2.52. The third-order valence-electron chi connectivity index (χ3n) is 2.95. The van der Waals surface area contributed by atoms with Crippen molar-refractivity contribution in [3.8, 4) is 0 Å². The van der Waals surface area contributed by atoms with Crippen molar-refractivity contribution in [2.24, 2.45) is 0 Å². The molecule has 1 rings (SSSR count). The molecule has 0 aromatic heterocycles. The smallest absolute Gasteiger partial charge is 0.410 e. The van der Waals surface area contributed by atoms with Crippen molar-refractivity contribution >= 4 is 18.0 Å². The lowest BCUT2D eigenvalue weighted by Crippen LogP contribution is -2.42. The fraction of sp³-hybridized carbons (Fsp3) is 0.400. The van der Waals surface area contributed by atoms with Crippen LogP contribution in [0.15, 0.2) is 30.3 Å². The van der Waals surface area contributed by atoms with Crippen LogP contribution in [0.5, 0.6) is 0 Å². The number of esters is 2. The number of carbonyl (C=O) groups is 3. The van der Waals surface area contributed by atoms with E-state index in [0.29, 0.717) is 0 Å². The molecular weight excluding hydrogens is 288 g/mol. The third-order valence-corrected chi connectivity index (χ3v) is 2.95. The summed E-state index contributed by atoms with van der Waals surface area (Å²) in [7, 11) is 2.96. The maximum Gasteiger partial charge on any atom is 0.410 e. The summed E-state index contributed by atoms with van der Waals surface area (Å²) < 4.78 is 9.69. The van der Waals surface area contributed by atoms with Gasteiger partial charge in [-0.2, -0.15) is 0 Å². The van der Waals surface area contributed by atoms with Gasteiger partial charge in [-0.1, -0.05) is 30.3 Å². The molecule has 1 atom stereocenters. The van der Waals surface area contributed by atoms with Gasteiger partial charge in [0.25, 0.3) is 0 Å². The molecule has 7 heteroatoms. The Hall–Kier alpha value is -2.41. The summed E-state index contributed by atoms with van der Waals surface area (Å²) in [5.41, 5.74) is 0.837. The van der Waals surface area contributed by atoms with Crippen LogP contribution < -0.4 is 5.32 Å². The van der Waals surface area contributed by atoms with Crippen LogP contribution in [-0.4, -0.2) is 49.6 Å². The SMILES string of the molecule is CNCC(=O)OC(=O)[C@@H](C)N(C)C(=O)OCc1ccccc1. The molecule has 0 saturated heterocycles. The average molecular weight is 308 g/mol. The topological polar surface area (TPSA) is 84.9 Å². The molecular formula is C15H20N2O5. The highest BCUT2D eigenvalue weighted by molar-refractivity contribution is 5.90. The van der Waals surface area contributed by atoms with E-state index in [9.17, 15) is 14.4 Å². The Labute approximate surface area is 129 Å². The maximum absolute atomic E-state index is 11.9. The molecule has 0 radical (unpaired) electrons. The number of hydrogen-bond donors (Lipinski definition) is 1. The van der Waals surface area contributed by atoms with Crippen LogP contribution in [0.3, 0.4) is 0 Å². The number of nitrogens with one attached hydrogen (secondary N) is 1. The van der Waals surface area contributed by atoms with E-state index in [-0.39, 0.29) is 13.2 Å². The number of rotatable bonds is 6. The Bertz CT molecular complexity index is 518. The lowest BCUT2D eigenvalue weighted by atomic mass is 10.2. The zero-order valence-electron chi connectivity index (χ0n) is 12.9. The first-order valence-electron chi connectivity index (χ1n) is 6.78. The number of carbonyl (C=O) groups excluding carboxylic acids is 3. The summed E-state index contributed by atoms with van der Waals surface area (Å²) in [5, 5.41) is 2.57. The number of nitrogens with zero attached hydrogens (tertiary/aromatic N) is 1. The van der Waals surface area contributed by atoms with Crippen molar-refractivity contribution < 1.29 is 23.9 Å². The van der Waals surface area contributed by atoms with Crippen molar-refractivity contribution in [3.05, 3.63) is 35.9 Å². The van der Waals surface area contributed by atoms with E-state index in [1.165, 1.54) is 14.0 Å². The van der Waals surface area contributed by atoms with Crippen molar-refractivity contribution in [1.82, 2.24) is 10.2 Å². The number of amides is 1. The molecule has 1 amide bonds. The first-order valence-corrected chi connectivity index (χ1v) is 6.78. The van der Waals surface area contributed by atoms with Crippen LogP contribution in [0.1, 0.15) is 12.5 Å². The molecule has 0 aliphatic rings. The Morgan fingerprint density at radius 3 is 2.45 bits per heavy atom. The lowest BCUT2D eigenvalue weighted by molar-refractivity contribution is -0.161. The van der Waals surface area contributed by atoms with Crippen LogP contribution in [0, 0.1) is 0 Å². The van der Waals surface area contributed by atoms with Crippen molar-refractivity contribution in [2.75, 3.05) is 20.6 Å². The van der Waals surface area contributed by atoms with E-state index in [0.717, 1.165) is 10.5 Å². The summed E-state index contributed by atoms with van der Waals surface area (Å²) in [4.78, 5) is 35.9. The Kier molecular flexibility index (Phi) is 7.04. The highest BCUT2D eigenvalue weighted by Gasteiger charge is 2.26. The molecule has 0 aliphatic carbocycles. The first-order chi connectivity index (χ1) is 10.5. The van der Waals surface area contributed by atoms with Crippen LogP contribution in [0.25, 0.3) is 0 Å². The largest absolute Gasteiger partial charge is 0.445 e. The Morgan fingerprint density at radius 1 is 1.23 bits per heavy atom. The molecule has 0 heterocycles. The molecule has 120 valence electrons. The zero-order valence-corrected chi connectivity index (χ0v) is 12.9. The fourth-order valence-electron chi connectivity index (χ4n) is 1.52. The van der Waals surface area contributed by atoms with E-state index >= 15 is 0 Å². The second kappa shape index (κ2) is 8.78. The van der Waals surface area contributed by atoms with Gasteiger partial charge in [0, 0.05) is 7.05 Å². The van der Waals surface area contributed by atoms with Crippen LogP contribution in [0.2, 0.25) is 0 Å². The second-order valence-electron chi connectivity index (χ2n) is 4.65. The summed E-state index contributed by atoms with van der Waals surface area (Å²) in [6.45, 7) is 1.48. The van der Waals surface area contributed by atoms with Crippen molar-refractivity contribution in [1.29, 1.82) is 0 Å². The molecule has 7 nitrogen and oxygen atoms in total. The predicted octanol–water partition coefficient (Wildman–Crippen LogP) is 0.933. The molecule has 0 aliphatic heterocycles. The molecule has 1 aromatic rings. The van der Waals surface area contributed by atoms with Gasteiger partial charge >= 0.3 is 18.0 Å². The molecule has 0 bridgehead atoms. The van der Waals surface area contributed by atoms with Gasteiger partial charge in [0.15, 0.2) is 0 Å². The first kappa shape index (κ1) is 17.6. The predicted molar refractivity (Wildman–Crippen MR) is 78.9 cm³/mol. The second-order valence-corrected chi connectivity index (χ2v) is 4.65. The molecule has 1 N–H and O–H groups in total. The number of ether oxygens (including phenoxy) is 2. The number of hydrogen-bond acceptors (Lipinski definition) is 6. The van der Waals surface area contributed by atoms with E-state index < -0.39 is 24.1 Å². The van der Waals surface area contributed by atoms with Crippen LogP contribution in [0.4, 0.5) is 4.79 Å². The molecule has 0 spiro atoms. The van der Waals surface area contributed by atoms with Crippen molar-refractivity contribution in [3.63, 3.8) is 0 Å². The lowest BCUT2D eigenvalue weighted by Gasteiger charge is -2.22. The van der Waals surface area contributed by atoms with E-state index in [4.69, 9.17) is 4.74 Å². The van der Waals surface area contributed by atoms with Gasteiger partial charge in [0.05, 0.1) is 6.54 Å². The summed E-state index contributed by atoms with van der Waals surface area (Å²) in [6, 6.07) is 8.24. The van der Waals surface area contributed by atoms with Crippen LogP contribution in [-0.2, 0) is 25.7 Å². The summed E-state index contributed by atoms with van der Waals surface area (Å²) in [5.74, 6) is -1.51. The summed E-state index contributed by atoms with van der Waals surface area (Å²) in [6.07, 6.45) is -0.672. The molecule has 0 saturated carbocycles. The Morgan fingerprint density at radius 2 is 1.86 bits per heavy atom. The summed E-state index contributed by atoms with van der Waals surface area (Å²) >= 11 is 0. The van der Waals surface area contributed by atoms with Gasteiger partial charge in [-0.3, -0.25) is 9.69 Å². The maximum atomic E-state index is 11.9. The van der Waals surface area contributed by atoms with Gasteiger partial charge in [0.1, 0.15) is 12.6 Å². The standard InChI is InChI=1S/C15H20N2O5/c1-11(14(19)22-13(18)9-16-2)17(3)15(20)21-10-12-7-5-4-6-8-12/h4-8,11,16H,9-10H2,1-3H3/t11-/m1/s1. The van der Waals surface area contributed by atoms with Gasteiger partial charge in [0.2, 0.25) is 0 Å². The monoisotopic (exact) mass is 308 g/mol. The molecule has 22 heavy (non-hydrogen) atoms. The number of likely N-dealkylation sites (N-methyl/N-ethyl adjacent to an activating group) is 2. The number of benzene rings is 1. The minimum Gasteiger partial charge on any atom is -0.445 e. The Balaban J connectivity index is 2.47. The van der Waals surface area contributed by atoms with E-state index in [2.05, 4.69) is 10.1 Å². The van der Waals surface area contributed by atoms with Crippen molar-refractivity contribution in [2.45, 2.75) is 19.6 Å². The minimum absolute atomic E-state index is 0.0827. The third kappa shape index (κ3) is 5.53. The highest BCUT2D eigenvalue weighted by atomic mass is 16.6. The van der Waals surface area contributed by atoms with E-state index in [1.807, 2.05) is 30.3 Å². The quantitative estimate of drug-likeness (QED) is 0.622. The minimum atomic E-state index is -0.927. The van der Waals surface area contributed by atoms with Gasteiger partial charge in [-0.05, 0) is 19.5 Å². The molecule has 1 aromatic carbocycles. The highest BCUT2D eigenvalue weighted by Crippen LogP contribution is 2.06. The normalized spacial score (nSPS) is 11.4. The van der Waals surface area contributed by atoms with E-state index in [1.54, 1.807) is 7.05 Å². The molecule has 0 fully saturated rings. The zero-order chi connectivity index (χ0) is 16.5. The van der Waals surface area contributed by atoms with Gasteiger partial charge in [-0.15, -0.1) is 0 Å². The van der Waals surface area contributed by atoms with Gasteiger partial charge < -0.3 is 14.8 Å². The van der Waals surface area contributed by atoms with Crippen LogP contribution >= 0.6 is 0 Å². The molecule has 0 unspecified atom stereocenters. The van der Waals surface area contributed by atoms with Gasteiger partial charge in [-0.25, -0.2) is 9.59 Å². The fourth-order valence-corrected chi connectivity index (χ4v) is 1.52.